The van der Waals surface area contributed by atoms with Crippen molar-refractivity contribution in [3.05, 3.63) is 56.8 Å². The molecule has 1 aliphatic rings. The van der Waals surface area contributed by atoms with E-state index in [1.165, 1.54) is 18.2 Å². The van der Waals surface area contributed by atoms with Crippen molar-refractivity contribution in [1.29, 1.82) is 5.26 Å². The monoisotopic (exact) mass is 452 g/mol. The van der Waals surface area contributed by atoms with Crippen LogP contribution in [0.5, 0.6) is 11.5 Å². The molecule has 140 valence electrons. The normalized spacial score (nSPS) is 15.9. The Morgan fingerprint density at radius 2 is 2.19 bits per heavy atom. The van der Waals surface area contributed by atoms with Crippen LogP contribution in [-0.4, -0.2) is 29.2 Å². The standard InChI is InChI=1S/C18H15BrClFN4O2/c1-25-15(23-24-18(25)26)5-3-11-2-4-14(19)17(16(11)21)27-13-7-10(9-22)6-12(20)8-13/h2,4,6-8,18,24,26H,3,5H2,1H3. The lowest BCUT2D eigenvalue weighted by Crippen LogP contribution is -2.36. The molecule has 1 aliphatic heterocycles. The Morgan fingerprint density at radius 3 is 2.85 bits per heavy atom. The Labute approximate surface area is 168 Å². The summed E-state index contributed by atoms with van der Waals surface area (Å²) in [5.41, 5.74) is 3.30. The second-order valence-electron chi connectivity index (χ2n) is 5.88. The third kappa shape index (κ3) is 4.33. The minimum Gasteiger partial charge on any atom is -0.453 e. The Hall–Kier alpha value is -2.34. The third-order valence-electron chi connectivity index (χ3n) is 4.05. The van der Waals surface area contributed by atoms with Crippen molar-refractivity contribution >= 4 is 33.4 Å². The number of hydrogen-bond donors (Lipinski definition) is 2. The molecular formula is C18H15BrClFN4O2. The van der Waals surface area contributed by atoms with Gasteiger partial charge in [-0.15, -0.1) is 0 Å². The highest BCUT2D eigenvalue weighted by Gasteiger charge is 2.22. The molecule has 0 bridgehead atoms. The SMILES string of the molecule is CN1C(CCc2ccc(Br)c(Oc3cc(Cl)cc(C#N)c3)c2F)=NNC1O. The average Bonchev–Trinajstić information content (AvgIpc) is 2.96. The molecule has 0 saturated heterocycles. The number of rotatable bonds is 5. The highest BCUT2D eigenvalue weighted by Crippen LogP contribution is 2.35. The zero-order valence-corrected chi connectivity index (χ0v) is 16.6. The summed E-state index contributed by atoms with van der Waals surface area (Å²) >= 11 is 9.26. The van der Waals surface area contributed by atoms with Crippen molar-refractivity contribution in [1.82, 2.24) is 10.3 Å². The Bertz CT molecular complexity index is 948. The van der Waals surface area contributed by atoms with E-state index < -0.39 is 12.2 Å². The highest BCUT2D eigenvalue weighted by atomic mass is 79.9. The second-order valence-corrected chi connectivity index (χ2v) is 7.17. The van der Waals surface area contributed by atoms with Gasteiger partial charge in [0.25, 0.3) is 0 Å². The van der Waals surface area contributed by atoms with E-state index in [0.717, 1.165) is 0 Å². The van der Waals surface area contributed by atoms with Crippen molar-refractivity contribution in [2.75, 3.05) is 7.05 Å². The first-order chi connectivity index (χ1) is 12.9. The highest BCUT2D eigenvalue weighted by molar-refractivity contribution is 9.10. The first kappa shape index (κ1) is 19.4. The maximum atomic E-state index is 15.0. The topological polar surface area (TPSA) is 80.9 Å². The number of hydrogen-bond acceptors (Lipinski definition) is 6. The molecule has 1 atom stereocenters. The lowest BCUT2D eigenvalue weighted by atomic mass is 10.1. The molecule has 0 aromatic heterocycles. The molecule has 2 N–H and O–H groups in total. The van der Waals surface area contributed by atoms with Gasteiger partial charge in [0.15, 0.2) is 11.6 Å². The number of benzene rings is 2. The Balaban J connectivity index is 1.82. The van der Waals surface area contributed by atoms with Crippen LogP contribution in [0, 0.1) is 17.1 Å². The van der Waals surface area contributed by atoms with Crippen LogP contribution in [0.1, 0.15) is 17.5 Å². The summed E-state index contributed by atoms with van der Waals surface area (Å²) < 4.78 is 21.1. The van der Waals surface area contributed by atoms with Crippen LogP contribution >= 0.6 is 27.5 Å². The number of halogens is 3. The van der Waals surface area contributed by atoms with Crippen LogP contribution in [0.25, 0.3) is 0 Å². The Morgan fingerprint density at radius 1 is 1.41 bits per heavy atom. The van der Waals surface area contributed by atoms with Gasteiger partial charge in [0, 0.05) is 18.5 Å². The molecule has 0 saturated carbocycles. The van der Waals surface area contributed by atoms with Crippen molar-refractivity contribution in [2.24, 2.45) is 5.10 Å². The van der Waals surface area contributed by atoms with Crippen LogP contribution in [-0.2, 0) is 6.42 Å². The number of nitrogens with zero attached hydrogens (tertiary/aromatic N) is 3. The molecule has 2 aromatic rings. The van der Waals surface area contributed by atoms with E-state index in [-0.39, 0.29) is 11.5 Å². The molecule has 2 aromatic carbocycles. The molecule has 27 heavy (non-hydrogen) atoms. The average molecular weight is 454 g/mol. The molecule has 0 radical (unpaired) electrons. The largest absolute Gasteiger partial charge is 0.453 e. The van der Waals surface area contributed by atoms with Crippen LogP contribution in [0.4, 0.5) is 4.39 Å². The van der Waals surface area contributed by atoms with Gasteiger partial charge in [-0.3, -0.25) is 5.43 Å². The molecule has 6 nitrogen and oxygen atoms in total. The van der Waals surface area contributed by atoms with Crippen LogP contribution in [0.3, 0.4) is 0 Å². The predicted molar refractivity (Wildman–Crippen MR) is 103 cm³/mol. The van der Waals surface area contributed by atoms with Gasteiger partial charge in [-0.25, -0.2) is 4.39 Å². The van der Waals surface area contributed by atoms with Gasteiger partial charge in [0.2, 0.25) is 6.35 Å². The van der Waals surface area contributed by atoms with E-state index >= 15 is 0 Å². The van der Waals surface area contributed by atoms with E-state index in [4.69, 9.17) is 21.6 Å². The molecule has 9 heteroatoms. The molecule has 1 unspecified atom stereocenters. The van der Waals surface area contributed by atoms with Gasteiger partial charge >= 0.3 is 0 Å². The fourth-order valence-electron chi connectivity index (χ4n) is 2.58. The summed E-state index contributed by atoms with van der Waals surface area (Å²) in [6.45, 7) is 0. The number of hydrazone groups is 1. The van der Waals surface area contributed by atoms with E-state index in [0.29, 0.717) is 39.3 Å². The smallest absolute Gasteiger partial charge is 0.221 e. The van der Waals surface area contributed by atoms with Gasteiger partial charge < -0.3 is 14.7 Å². The predicted octanol–water partition coefficient (Wildman–Crippen LogP) is 3.96. The summed E-state index contributed by atoms with van der Waals surface area (Å²) in [6, 6.07) is 9.82. The summed E-state index contributed by atoms with van der Waals surface area (Å²) in [7, 11) is 1.70. The second kappa shape index (κ2) is 8.13. The maximum Gasteiger partial charge on any atom is 0.221 e. The maximum absolute atomic E-state index is 15.0. The fourth-order valence-corrected chi connectivity index (χ4v) is 3.19. The number of nitriles is 1. The van der Waals surface area contributed by atoms with E-state index in [2.05, 4.69) is 26.5 Å². The van der Waals surface area contributed by atoms with Crippen LogP contribution < -0.4 is 10.2 Å². The fraction of sp³-hybridized carbons (Fsp3) is 0.222. The van der Waals surface area contributed by atoms with Crippen molar-refractivity contribution in [3.8, 4) is 17.6 Å². The lowest BCUT2D eigenvalue weighted by Gasteiger charge is -2.17. The van der Waals surface area contributed by atoms with Crippen LogP contribution in [0.2, 0.25) is 5.02 Å². The molecule has 0 spiro atoms. The molecular weight excluding hydrogens is 439 g/mol. The number of nitrogens with one attached hydrogen (secondary N) is 1. The van der Waals surface area contributed by atoms with E-state index in [1.54, 1.807) is 24.1 Å². The number of amidine groups is 1. The van der Waals surface area contributed by atoms with Crippen LogP contribution in [0.15, 0.2) is 39.9 Å². The molecule has 1 heterocycles. The number of aryl methyl sites for hydroxylation is 1. The summed E-state index contributed by atoms with van der Waals surface area (Å²) in [5, 5.41) is 23.0. The van der Waals surface area contributed by atoms with E-state index in [9.17, 15) is 9.50 Å². The summed E-state index contributed by atoms with van der Waals surface area (Å²) in [5.74, 6) is 0.389. The van der Waals surface area contributed by atoms with Gasteiger partial charge in [-0.05, 0) is 52.2 Å². The van der Waals surface area contributed by atoms with Gasteiger partial charge in [-0.1, -0.05) is 17.7 Å². The minimum absolute atomic E-state index is 0.0125. The number of aliphatic hydroxyl groups is 1. The van der Waals surface area contributed by atoms with Crippen molar-refractivity contribution < 1.29 is 14.2 Å². The zero-order chi connectivity index (χ0) is 19.6. The Kier molecular flexibility index (Phi) is 5.85. The third-order valence-corrected chi connectivity index (χ3v) is 4.89. The molecule has 0 amide bonds. The first-order valence-electron chi connectivity index (χ1n) is 7.97. The quantitative estimate of drug-likeness (QED) is 0.716. The summed E-state index contributed by atoms with van der Waals surface area (Å²) in [6.07, 6.45) is -0.0637. The summed E-state index contributed by atoms with van der Waals surface area (Å²) in [4.78, 5) is 1.57. The molecule has 3 rings (SSSR count). The van der Waals surface area contributed by atoms with Gasteiger partial charge in [0.1, 0.15) is 11.6 Å². The first-order valence-corrected chi connectivity index (χ1v) is 9.14. The molecule has 0 aliphatic carbocycles. The van der Waals surface area contributed by atoms with Crippen molar-refractivity contribution in [2.45, 2.75) is 19.2 Å². The van der Waals surface area contributed by atoms with Crippen molar-refractivity contribution in [3.63, 3.8) is 0 Å². The van der Waals surface area contributed by atoms with E-state index in [1.807, 2.05) is 6.07 Å². The lowest BCUT2D eigenvalue weighted by molar-refractivity contribution is 0.0551. The number of ether oxygens (including phenoxy) is 1. The zero-order valence-electron chi connectivity index (χ0n) is 14.2. The van der Waals surface area contributed by atoms with Gasteiger partial charge in [-0.2, -0.15) is 10.4 Å². The molecule has 0 fully saturated rings. The van der Waals surface area contributed by atoms with Gasteiger partial charge in [0.05, 0.1) is 16.1 Å². The number of aliphatic hydroxyl groups excluding tert-OH is 1. The minimum atomic E-state index is -0.870.